The number of amides is 1. The summed E-state index contributed by atoms with van der Waals surface area (Å²) in [6.45, 7) is 0. The molecule has 0 saturated carbocycles. The van der Waals surface area contributed by atoms with Crippen molar-refractivity contribution in [2.45, 2.75) is 19.0 Å². The van der Waals surface area contributed by atoms with Crippen molar-refractivity contribution in [2.75, 3.05) is 0 Å². The first-order chi connectivity index (χ1) is 7.25. The van der Waals surface area contributed by atoms with Gasteiger partial charge in [-0.1, -0.05) is 0 Å². The summed E-state index contributed by atoms with van der Waals surface area (Å²) in [5.41, 5.74) is 0.356. The highest BCUT2D eigenvalue weighted by Crippen LogP contribution is 2.05. The maximum Gasteiger partial charge on any atom is 0.259 e. The molecule has 0 aromatic carbocycles. The summed E-state index contributed by atoms with van der Waals surface area (Å²) in [7, 11) is 0. The third-order valence-corrected chi connectivity index (χ3v) is 2.19. The SMILES string of the molecule is O=C(NC1CCC=N1)c1ccc[n+]([O-])c1. The molecule has 5 heteroatoms. The molecular formula is C10H11N3O2. The Morgan fingerprint density at radius 2 is 2.53 bits per heavy atom. The summed E-state index contributed by atoms with van der Waals surface area (Å²) in [4.78, 5) is 15.7. The van der Waals surface area contributed by atoms with Crippen LogP contribution in [0.1, 0.15) is 23.2 Å². The van der Waals surface area contributed by atoms with Crippen molar-refractivity contribution >= 4 is 12.1 Å². The van der Waals surface area contributed by atoms with E-state index >= 15 is 0 Å². The molecule has 15 heavy (non-hydrogen) atoms. The highest BCUT2D eigenvalue weighted by Gasteiger charge is 2.15. The molecule has 5 nitrogen and oxygen atoms in total. The molecule has 2 heterocycles. The molecular weight excluding hydrogens is 194 g/mol. The summed E-state index contributed by atoms with van der Waals surface area (Å²) in [5, 5.41) is 13.7. The van der Waals surface area contributed by atoms with Crippen LogP contribution >= 0.6 is 0 Å². The van der Waals surface area contributed by atoms with E-state index in [1.54, 1.807) is 18.3 Å². The second-order valence-electron chi connectivity index (χ2n) is 3.35. The lowest BCUT2D eigenvalue weighted by Gasteiger charge is -2.08. The molecule has 0 saturated heterocycles. The molecule has 0 fully saturated rings. The molecule has 1 unspecified atom stereocenters. The summed E-state index contributed by atoms with van der Waals surface area (Å²) in [5.74, 6) is -0.260. The number of nitrogens with one attached hydrogen (secondary N) is 1. The normalized spacial score (nSPS) is 19.1. The first-order valence-electron chi connectivity index (χ1n) is 4.77. The summed E-state index contributed by atoms with van der Waals surface area (Å²) < 4.78 is 0.604. The number of aliphatic imine (C=N–C) groups is 1. The quantitative estimate of drug-likeness (QED) is 0.555. The van der Waals surface area contributed by atoms with Crippen molar-refractivity contribution < 1.29 is 9.52 Å². The minimum Gasteiger partial charge on any atom is -0.619 e. The molecule has 1 atom stereocenters. The molecule has 1 aromatic rings. The standard InChI is InChI=1S/C10H11N3O2/c14-10(12-9-4-1-5-11-9)8-3-2-6-13(15)7-8/h2-3,5-7,9H,1,4H2,(H,12,14). The molecule has 1 aromatic heterocycles. The zero-order chi connectivity index (χ0) is 10.7. The van der Waals surface area contributed by atoms with Crippen LogP contribution in [0.15, 0.2) is 29.5 Å². The van der Waals surface area contributed by atoms with E-state index in [4.69, 9.17) is 0 Å². The fourth-order valence-corrected chi connectivity index (χ4v) is 1.44. The number of hydrogen-bond acceptors (Lipinski definition) is 3. The van der Waals surface area contributed by atoms with Gasteiger partial charge in [-0.3, -0.25) is 9.79 Å². The van der Waals surface area contributed by atoms with E-state index in [0.29, 0.717) is 10.3 Å². The molecule has 0 aliphatic carbocycles. The van der Waals surface area contributed by atoms with Gasteiger partial charge in [0.05, 0.1) is 0 Å². The van der Waals surface area contributed by atoms with E-state index < -0.39 is 0 Å². The fourth-order valence-electron chi connectivity index (χ4n) is 1.44. The van der Waals surface area contributed by atoms with Crippen LogP contribution in [-0.4, -0.2) is 18.3 Å². The predicted octanol–water partition coefficient (Wildman–Crippen LogP) is 0.240. The highest BCUT2D eigenvalue weighted by atomic mass is 16.5. The lowest BCUT2D eigenvalue weighted by Crippen LogP contribution is -2.34. The zero-order valence-electron chi connectivity index (χ0n) is 8.09. The molecule has 1 aliphatic rings. The Kier molecular flexibility index (Phi) is 2.62. The van der Waals surface area contributed by atoms with E-state index in [0.717, 1.165) is 12.8 Å². The van der Waals surface area contributed by atoms with E-state index in [1.807, 2.05) is 0 Å². The van der Waals surface area contributed by atoms with Gasteiger partial charge in [0.15, 0.2) is 12.4 Å². The Labute approximate surface area is 87.0 Å². The van der Waals surface area contributed by atoms with Crippen LogP contribution < -0.4 is 10.0 Å². The third kappa shape index (κ3) is 2.31. The van der Waals surface area contributed by atoms with E-state index in [-0.39, 0.29) is 12.1 Å². The van der Waals surface area contributed by atoms with Crippen LogP contribution in [0.4, 0.5) is 0 Å². The fraction of sp³-hybridized carbons (Fsp3) is 0.300. The maximum atomic E-state index is 11.6. The van der Waals surface area contributed by atoms with Crippen LogP contribution in [0.5, 0.6) is 0 Å². The number of rotatable bonds is 2. The average Bonchev–Trinajstić information content (AvgIpc) is 2.70. The van der Waals surface area contributed by atoms with Gasteiger partial charge in [-0.2, -0.15) is 4.73 Å². The topological polar surface area (TPSA) is 68.4 Å². The van der Waals surface area contributed by atoms with Gasteiger partial charge in [-0.25, -0.2) is 0 Å². The Morgan fingerprint density at radius 1 is 1.67 bits per heavy atom. The number of hydrogen-bond donors (Lipinski definition) is 1. The Morgan fingerprint density at radius 3 is 3.20 bits per heavy atom. The van der Waals surface area contributed by atoms with Crippen molar-refractivity contribution in [2.24, 2.45) is 4.99 Å². The Balaban J connectivity index is 2.04. The van der Waals surface area contributed by atoms with Gasteiger partial charge in [0.25, 0.3) is 5.91 Å². The molecule has 0 radical (unpaired) electrons. The number of pyridine rings is 1. The van der Waals surface area contributed by atoms with Crippen LogP contribution in [0.3, 0.4) is 0 Å². The van der Waals surface area contributed by atoms with Gasteiger partial charge in [-0.15, -0.1) is 0 Å². The Hall–Kier alpha value is -1.91. The number of nitrogens with zero attached hydrogens (tertiary/aromatic N) is 2. The molecule has 1 N–H and O–H groups in total. The van der Waals surface area contributed by atoms with Gasteiger partial charge in [-0.05, 0) is 18.9 Å². The second-order valence-corrected chi connectivity index (χ2v) is 3.35. The van der Waals surface area contributed by atoms with Gasteiger partial charge in [0.1, 0.15) is 11.7 Å². The number of carbonyl (C=O) groups is 1. The van der Waals surface area contributed by atoms with E-state index in [9.17, 15) is 10.0 Å². The van der Waals surface area contributed by atoms with Crippen LogP contribution in [-0.2, 0) is 0 Å². The average molecular weight is 205 g/mol. The smallest absolute Gasteiger partial charge is 0.259 e. The van der Waals surface area contributed by atoms with Gasteiger partial charge in [0.2, 0.25) is 0 Å². The minimum absolute atomic E-state index is 0.141. The predicted molar refractivity (Wildman–Crippen MR) is 54.4 cm³/mol. The van der Waals surface area contributed by atoms with Crippen molar-refractivity contribution in [3.05, 3.63) is 35.3 Å². The number of aromatic nitrogens is 1. The first-order valence-corrected chi connectivity index (χ1v) is 4.77. The highest BCUT2D eigenvalue weighted by molar-refractivity contribution is 5.93. The lowest BCUT2D eigenvalue weighted by molar-refractivity contribution is -0.605. The van der Waals surface area contributed by atoms with Crippen molar-refractivity contribution in [1.82, 2.24) is 5.32 Å². The Bertz CT molecular complexity index is 403. The first kappa shape index (κ1) is 9.64. The summed E-state index contributed by atoms with van der Waals surface area (Å²) >= 11 is 0. The van der Waals surface area contributed by atoms with Crippen LogP contribution in [0.2, 0.25) is 0 Å². The maximum absolute atomic E-state index is 11.6. The third-order valence-electron chi connectivity index (χ3n) is 2.19. The number of carbonyl (C=O) groups excluding carboxylic acids is 1. The van der Waals surface area contributed by atoms with Gasteiger partial charge < -0.3 is 10.5 Å². The second kappa shape index (κ2) is 4.08. The molecule has 0 bridgehead atoms. The van der Waals surface area contributed by atoms with E-state index in [1.165, 1.54) is 12.4 Å². The van der Waals surface area contributed by atoms with Crippen LogP contribution in [0, 0.1) is 5.21 Å². The lowest BCUT2D eigenvalue weighted by atomic mass is 10.2. The summed E-state index contributed by atoms with van der Waals surface area (Å²) in [6, 6.07) is 3.14. The van der Waals surface area contributed by atoms with Crippen molar-refractivity contribution in [1.29, 1.82) is 0 Å². The molecule has 2 rings (SSSR count). The van der Waals surface area contributed by atoms with Crippen LogP contribution in [0.25, 0.3) is 0 Å². The summed E-state index contributed by atoms with van der Waals surface area (Å²) in [6.07, 6.45) is 5.96. The van der Waals surface area contributed by atoms with Gasteiger partial charge >= 0.3 is 0 Å². The van der Waals surface area contributed by atoms with Crippen molar-refractivity contribution in [3.8, 4) is 0 Å². The molecule has 0 spiro atoms. The molecule has 1 aliphatic heterocycles. The van der Waals surface area contributed by atoms with Gasteiger partial charge in [0, 0.05) is 12.3 Å². The minimum atomic E-state index is -0.260. The van der Waals surface area contributed by atoms with Crippen molar-refractivity contribution in [3.63, 3.8) is 0 Å². The molecule has 1 amide bonds. The van der Waals surface area contributed by atoms with E-state index in [2.05, 4.69) is 10.3 Å². The molecule has 78 valence electrons. The zero-order valence-corrected chi connectivity index (χ0v) is 8.09. The largest absolute Gasteiger partial charge is 0.619 e. The monoisotopic (exact) mass is 205 g/mol.